The Hall–Kier alpha value is -4.23. The van der Waals surface area contributed by atoms with Crippen molar-refractivity contribution in [3.8, 4) is 17.2 Å². The number of nitrogens with zero attached hydrogens (tertiary/aromatic N) is 3. The molecule has 0 bridgehead atoms. The second-order valence-corrected chi connectivity index (χ2v) is 8.68. The first-order valence-corrected chi connectivity index (χ1v) is 11.8. The van der Waals surface area contributed by atoms with Crippen molar-refractivity contribution in [3.05, 3.63) is 121 Å². The fourth-order valence-corrected chi connectivity index (χ4v) is 4.86. The Balaban J connectivity index is 0.00000252. The Kier molecular flexibility index (Phi) is 5.85. The summed E-state index contributed by atoms with van der Waals surface area (Å²) >= 11 is 0. The minimum Gasteiger partial charge on any atom is -0.509 e. The standard InChI is InChI=1S/C32H20N3O.Pt/c1-33-22-34(32-17-8-7-16-31(32)33)24-12-9-13-25(20-24)36-26-18-19-30-28(21-26)27-14-5-6-15-29(27)35(30)23-10-3-2-4-11-23;/h2-10,12-17,19,21H,1H3;/q-1;. The van der Waals surface area contributed by atoms with Crippen LogP contribution in [-0.2, 0) is 21.1 Å². The molecule has 1 aliphatic rings. The maximum Gasteiger partial charge on any atom is 0.494 e. The molecule has 1 aliphatic heterocycles. The van der Waals surface area contributed by atoms with Crippen LogP contribution in [0.2, 0.25) is 0 Å². The van der Waals surface area contributed by atoms with E-state index >= 15 is 0 Å². The summed E-state index contributed by atoms with van der Waals surface area (Å²) in [4.78, 5) is 0. The van der Waals surface area contributed by atoms with Crippen molar-refractivity contribution in [2.24, 2.45) is 0 Å². The van der Waals surface area contributed by atoms with Gasteiger partial charge in [0, 0.05) is 50.2 Å². The van der Waals surface area contributed by atoms with Crippen molar-refractivity contribution in [2.75, 3.05) is 7.05 Å². The smallest absolute Gasteiger partial charge is 0.494 e. The Morgan fingerprint density at radius 1 is 0.757 bits per heavy atom. The average molecular weight is 658 g/mol. The number of para-hydroxylation sites is 4. The van der Waals surface area contributed by atoms with E-state index < -0.39 is 0 Å². The molecule has 0 unspecified atom stereocenters. The van der Waals surface area contributed by atoms with Crippen LogP contribution in [0.5, 0.6) is 11.5 Å². The van der Waals surface area contributed by atoms with Crippen molar-refractivity contribution in [1.29, 1.82) is 0 Å². The number of benzene rings is 5. The van der Waals surface area contributed by atoms with Crippen LogP contribution in [0, 0.1) is 18.2 Å². The number of fused-ring (bicyclic) bond motifs is 4. The summed E-state index contributed by atoms with van der Waals surface area (Å²) in [5, 5.41) is 2.26. The Morgan fingerprint density at radius 3 is 2.43 bits per heavy atom. The first kappa shape index (κ1) is 23.2. The van der Waals surface area contributed by atoms with Gasteiger partial charge in [-0.15, -0.1) is 30.3 Å². The summed E-state index contributed by atoms with van der Waals surface area (Å²) in [6.07, 6.45) is 0. The van der Waals surface area contributed by atoms with Crippen molar-refractivity contribution in [3.63, 3.8) is 0 Å². The number of hydrogen-bond acceptors (Lipinski definition) is 1. The topological polar surface area (TPSA) is 20.2 Å². The van der Waals surface area contributed by atoms with Crippen LogP contribution in [0.25, 0.3) is 27.5 Å². The maximum atomic E-state index is 6.27. The Bertz CT molecular complexity index is 1860. The largest absolute Gasteiger partial charge is 0.509 e. The molecule has 5 aromatic carbocycles. The van der Waals surface area contributed by atoms with Crippen LogP contribution in [-0.4, -0.2) is 22.2 Å². The van der Waals surface area contributed by atoms with Crippen LogP contribution in [0.1, 0.15) is 0 Å². The van der Waals surface area contributed by atoms with E-state index in [1.165, 1.54) is 0 Å². The Morgan fingerprint density at radius 2 is 1.57 bits per heavy atom. The molecular formula is C32H20N3OPt-. The molecule has 0 amide bonds. The molecule has 0 spiro atoms. The number of hydrogen-bond donors (Lipinski definition) is 0. The molecule has 0 saturated heterocycles. The van der Waals surface area contributed by atoms with Gasteiger partial charge in [0.25, 0.3) is 11.4 Å². The summed E-state index contributed by atoms with van der Waals surface area (Å²) < 4.78 is 12.5. The van der Waals surface area contributed by atoms with Crippen molar-refractivity contribution >= 4 is 44.9 Å². The zero-order chi connectivity index (χ0) is 24.1. The van der Waals surface area contributed by atoms with Gasteiger partial charge in [-0.2, -0.15) is 30.3 Å². The first-order chi connectivity index (χ1) is 17.8. The van der Waals surface area contributed by atoms with Crippen LogP contribution < -0.4 is 9.31 Å². The van der Waals surface area contributed by atoms with Gasteiger partial charge in [-0.3, -0.25) is 0 Å². The first-order valence-electron chi connectivity index (χ1n) is 11.8. The molecule has 5 heteroatoms. The second-order valence-electron chi connectivity index (χ2n) is 8.68. The Labute approximate surface area is 229 Å². The van der Waals surface area contributed by atoms with E-state index in [-0.39, 0.29) is 21.1 Å². The normalized spacial score (nSPS) is 12.1. The summed E-state index contributed by atoms with van der Waals surface area (Å²) in [5.41, 5.74) is 6.20. The van der Waals surface area contributed by atoms with Crippen LogP contribution in [0.4, 0.5) is 17.1 Å². The monoisotopic (exact) mass is 657 g/mol. The molecule has 4 nitrogen and oxygen atoms in total. The van der Waals surface area contributed by atoms with Gasteiger partial charge in [0.15, 0.2) is 7.05 Å². The maximum absolute atomic E-state index is 6.27. The van der Waals surface area contributed by atoms with Crippen LogP contribution in [0.3, 0.4) is 0 Å². The number of rotatable bonds is 4. The second kappa shape index (κ2) is 9.33. The van der Waals surface area contributed by atoms with Gasteiger partial charge >= 0.3 is 6.01 Å². The van der Waals surface area contributed by atoms with E-state index in [1.807, 2.05) is 70.8 Å². The van der Waals surface area contributed by atoms with Crippen LogP contribution in [0.15, 0.2) is 103 Å². The minimum absolute atomic E-state index is 0. The van der Waals surface area contributed by atoms with Crippen molar-refractivity contribution in [1.82, 2.24) is 9.14 Å². The minimum atomic E-state index is 0. The molecule has 0 saturated carbocycles. The van der Waals surface area contributed by atoms with E-state index in [4.69, 9.17) is 4.74 Å². The van der Waals surface area contributed by atoms with Crippen molar-refractivity contribution < 1.29 is 30.4 Å². The van der Waals surface area contributed by atoms with E-state index in [0.717, 1.165) is 44.6 Å². The zero-order valence-corrected chi connectivity index (χ0v) is 22.2. The molecule has 2 heterocycles. The van der Waals surface area contributed by atoms with Gasteiger partial charge in [-0.25, -0.2) is 0 Å². The van der Waals surface area contributed by atoms with E-state index in [2.05, 4.69) is 77.3 Å². The predicted molar refractivity (Wildman–Crippen MR) is 143 cm³/mol. The third-order valence-corrected chi connectivity index (χ3v) is 6.46. The third-order valence-electron chi connectivity index (χ3n) is 6.46. The summed E-state index contributed by atoms with van der Waals surface area (Å²) in [6, 6.07) is 48.0. The molecule has 180 valence electrons. The molecule has 0 radical (unpaired) electrons. The molecule has 37 heavy (non-hydrogen) atoms. The fourth-order valence-electron chi connectivity index (χ4n) is 4.86. The molecule has 0 N–H and O–H groups in total. The van der Waals surface area contributed by atoms with Crippen molar-refractivity contribution in [2.45, 2.75) is 0 Å². The van der Waals surface area contributed by atoms with Crippen LogP contribution >= 0.6 is 0 Å². The summed E-state index contributed by atoms with van der Waals surface area (Å²) in [7, 11) is 1.99. The van der Waals surface area contributed by atoms with Gasteiger partial charge in [-0.1, -0.05) is 68.2 Å². The SMILES string of the molecule is C[N+]1=C=[N+](c2[c-]c(Oc3[c-]cc4c(c3)c3ccccc3n4-c3[c-]cccc3)ccc2)c2ccccc21.[Pt]. The van der Waals surface area contributed by atoms with E-state index in [9.17, 15) is 0 Å². The third kappa shape index (κ3) is 3.92. The van der Waals surface area contributed by atoms with Gasteiger partial charge < -0.3 is 9.30 Å². The molecular weight excluding hydrogens is 637 g/mol. The number of aromatic nitrogens is 1. The summed E-state index contributed by atoms with van der Waals surface area (Å²) in [5.74, 6) is 1.26. The predicted octanol–water partition coefficient (Wildman–Crippen LogP) is 7.27. The summed E-state index contributed by atoms with van der Waals surface area (Å²) in [6.45, 7) is 0. The molecule has 0 aliphatic carbocycles. The van der Waals surface area contributed by atoms with E-state index in [1.54, 1.807) is 0 Å². The molecule has 1 aromatic heterocycles. The van der Waals surface area contributed by atoms with E-state index in [0.29, 0.717) is 11.5 Å². The zero-order valence-electron chi connectivity index (χ0n) is 19.9. The molecule has 6 aromatic rings. The molecule has 0 atom stereocenters. The fraction of sp³-hybridized carbons (Fsp3) is 0.0312. The molecule has 0 fully saturated rings. The average Bonchev–Trinajstić information content (AvgIpc) is 3.44. The molecule has 7 rings (SSSR count). The van der Waals surface area contributed by atoms with Gasteiger partial charge in [0.1, 0.15) is 5.69 Å². The number of ether oxygens (including phenoxy) is 1. The van der Waals surface area contributed by atoms with Gasteiger partial charge in [0.05, 0.1) is 0 Å². The van der Waals surface area contributed by atoms with Gasteiger partial charge in [0.2, 0.25) is 0 Å². The van der Waals surface area contributed by atoms with Gasteiger partial charge in [-0.05, 0) is 11.5 Å². The quantitative estimate of drug-likeness (QED) is 0.144.